The van der Waals surface area contributed by atoms with Crippen LogP contribution in [0, 0.1) is 0 Å². The number of amides is 2. The molecule has 9 nitrogen and oxygen atoms in total. The summed E-state index contributed by atoms with van der Waals surface area (Å²) >= 11 is 6.35. The molecule has 1 aliphatic heterocycles. The van der Waals surface area contributed by atoms with Crippen molar-refractivity contribution in [2.24, 2.45) is 0 Å². The molecule has 1 saturated heterocycles. The lowest BCUT2D eigenvalue weighted by molar-refractivity contribution is 0.164. The van der Waals surface area contributed by atoms with Crippen molar-refractivity contribution in [1.29, 1.82) is 0 Å². The number of halogens is 1. The fraction of sp³-hybridized carbons (Fsp3) is 0.192. The van der Waals surface area contributed by atoms with Gasteiger partial charge in [-0.05, 0) is 43.4 Å². The summed E-state index contributed by atoms with van der Waals surface area (Å²) in [7, 11) is -1.99. The lowest BCUT2D eigenvalue weighted by atomic mass is 10.1. The highest BCUT2D eigenvalue weighted by atomic mass is 35.5. The van der Waals surface area contributed by atoms with Gasteiger partial charge in [-0.2, -0.15) is 0 Å². The van der Waals surface area contributed by atoms with E-state index in [9.17, 15) is 13.2 Å². The number of para-hydroxylation sites is 1. The van der Waals surface area contributed by atoms with Gasteiger partial charge in [0, 0.05) is 48.5 Å². The molecule has 2 heterocycles. The number of piperazine rings is 1. The van der Waals surface area contributed by atoms with E-state index >= 15 is 0 Å². The number of carbonyl (C=O) groups excluding carboxylic acids is 1. The van der Waals surface area contributed by atoms with Crippen molar-refractivity contribution in [3.8, 4) is 11.3 Å². The number of hydrogen-bond donors (Lipinski definition) is 2. The Labute approximate surface area is 220 Å². The smallest absolute Gasteiger partial charge is 0.321 e. The molecule has 2 N–H and O–H groups in total. The van der Waals surface area contributed by atoms with Crippen molar-refractivity contribution >= 4 is 49.9 Å². The first-order chi connectivity index (χ1) is 17.8. The number of fused-ring (bicyclic) bond motifs is 1. The highest BCUT2D eigenvalue weighted by molar-refractivity contribution is 7.92. The van der Waals surface area contributed by atoms with E-state index in [1.54, 1.807) is 23.1 Å². The number of anilines is 2. The minimum absolute atomic E-state index is 0.00151. The van der Waals surface area contributed by atoms with E-state index in [4.69, 9.17) is 11.6 Å². The maximum absolute atomic E-state index is 13.2. The van der Waals surface area contributed by atoms with Crippen LogP contribution in [0.25, 0.3) is 22.2 Å². The summed E-state index contributed by atoms with van der Waals surface area (Å²) in [4.78, 5) is 25.0. The second kappa shape index (κ2) is 10.3. The lowest BCUT2D eigenvalue weighted by Gasteiger charge is -2.32. The molecule has 4 aromatic rings. The zero-order chi connectivity index (χ0) is 26.0. The van der Waals surface area contributed by atoms with Gasteiger partial charge in [0.05, 0.1) is 16.2 Å². The van der Waals surface area contributed by atoms with E-state index in [0.29, 0.717) is 30.2 Å². The van der Waals surface area contributed by atoms with Crippen molar-refractivity contribution in [3.63, 3.8) is 0 Å². The minimum atomic E-state index is -4.00. The van der Waals surface area contributed by atoms with E-state index in [1.165, 1.54) is 24.5 Å². The molecule has 11 heteroatoms. The van der Waals surface area contributed by atoms with Gasteiger partial charge in [0.25, 0.3) is 10.0 Å². The van der Waals surface area contributed by atoms with Gasteiger partial charge in [-0.15, -0.1) is 0 Å². The van der Waals surface area contributed by atoms with E-state index in [-0.39, 0.29) is 15.9 Å². The number of hydrogen-bond acceptors (Lipinski definition) is 6. The van der Waals surface area contributed by atoms with Crippen molar-refractivity contribution < 1.29 is 13.2 Å². The number of sulfonamides is 1. The first-order valence-corrected chi connectivity index (χ1v) is 13.5. The number of rotatable bonds is 5. The van der Waals surface area contributed by atoms with Crippen LogP contribution < -0.4 is 10.0 Å². The van der Waals surface area contributed by atoms with Gasteiger partial charge in [-0.25, -0.2) is 23.2 Å². The van der Waals surface area contributed by atoms with Gasteiger partial charge in [0.1, 0.15) is 11.2 Å². The van der Waals surface area contributed by atoms with Crippen LogP contribution in [0.3, 0.4) is 0 Å². The highest BCUT2D eigenvalue weighted by Gasteiger charge is 2.22. The second-order valence-electron chi connectivity index (χ2n) is 8.79. The van der Waals surface area contributed by atoms with Crippen LogP contribution in [0.2, 0.25) is 5.02 Å². The number of aromatic nitrogens is 2. The maximum atomic E-state index is 13.2. The third-order valence-corrected chi connectivity index (χ3v) is 8.06. The first kappa shape index (κ1) is 24.9. The first-order valence-electron chi connectivity index (χ1n) is 11.7. The summed E-state index contributed by atoms with van der Waals surface area (Å²) in [5, 5.41) is 3.66. The SMILES string of the molecule is CN1CCN(C(=O)Nc2ccc(S(=O)(=O)Nc3cccc(-c4ncnc5ccccc45)c3)c(Cl)c2)CC1. The zero-order valence-electron chi connectivity index (χ0n) is 20.1. The highest BCUT2D eigenvalue weighted by Crippen LogP contribution is 2.30. The molecular formula is C26H25ClN6O3S. The van der Waals surface area contributed by atoms with Gasteiger partial charge >= 0.3 is 6.03 Å². The maximum Gasteiger partial charge on any atom is 0.321 e. The Kier molecular flexibility index (Phi) is 6.96. The summed E-state index contributed by atoms with van der Waals surface area (Å²) in [6, 6.07) is 18.7. The van der Waals surface area contributed by atoms with Crippen LogP contribution in [0.5, 0.6) is 0 Å². The van der Waals surface area contributed by atoms with E-state index < -0.39 is 10.0 Å². The quantitative estimate of drug-likeness (QED) is 0.388. The molecule has 0 radical (unpaired) electrons. The molecule has 0 saturated carbocycles. The number of urea groups is 1. The molecule has 5 rings (SSSR count). The molecule has 190 valence electrons. The van der Waals surface area contributed by atoms with Crippen LogP contribution in [0.15, 0.2) is 78.0 Å². The minimum Gasteiger partial charge on any atom is -0.322 e. The molecule has 0 bridgehead atoms. The van der Waals surface area contributed by atoms with Crippen LogP contribution in [0.4, 0.5) is 16.2 Å². The van der Waals surface area contributed by atoms with Gasteiger partial charge in [-0.3, -0.25) is 4.72 Å². The molecule has 0 spiro atoms. The van der Waals surface area contributed by atoms with E-state index in [2.05, 4.69) is 24.9 Å². The predicted octanol–water partition coefficient (Wildman–Crippen LogP) is 4.53. The fourth-order valence-electron chi connectivity index (χ4n) is 4.18. The molecule has 1 aromatic heterocycles. The molecule has 0 aliphatic carbocycles. The summed E-state index contributed by atoms with van der Waals surface area (Å²) in [6.07, 6.45) is 1.48. The number of likely N-dealkylation sites (N-methyl/N-ethyl adjacent to an activating group) is 1. The Morgan fingerprint density at radius 2 is 1.70 bits per heavy atom. The van der Waals surface area contributed by atoms with Crippen LogP contribution in [-0.2, 0) is 10.0 Å². The topological polar surface area (TPSA) is 108 Å². The van der Waals surface area contributed by atoms with E-state index in [0.717, 1.165) is 29.6 Å². The van der Waals surface area contributed by atoms with Gasteiger partial charge < -0.3 is 15.1 Å². The molecule has 0 unspecified atom stereocenters. The third-order valence-electron chi connectivity index (χ3n) is 6.19. The Bertz CT molecular complexity index is 1570. The Morgan fingerprint density at radius 1 is 0.919 bits per heavy atom. The average molecular weight is 537 g/mol. The standard InChI is InChI=1S/C26H25ClN6O3S/c1-32-11-13-33(14-12-32)26(34)30-19-9-10-24(22(27)16-19)37(35,36)31-20-6-4-5-18(15-20)25-21-7-2-3-8-23(21)28-17-29-25/h2-10,15-17,31H,11-14H2,1H3,(H,30,34). The van der Waals surface area contributed by atoms with Crippen molar-refractivity contribution in [2.45, 2.75) is 4.90 Å². The fourth-order valence-corrected chi connectivity index (χ4v) is 5.78. The Hall–Kier alpha value is -3.73. The van der Waals surface area contributed by atoms with E-state index in [1.807, 2.05) is 37.4 Å². The molecule has 2 amide bonds. The molecule has 1 fully saturated rings. The molecule has 3 aromatic carbocycles. The third kappa shape index (κ3) is 5.51. The number of carbonyl (C=O) groups is 1. The number of nitrogens with zero attached hydrogens (tertiary/aromatic N) is 4. The molecule has 37 heavy (non-hydrogen) atoms. The number of nitrogens with one attached hydrogen (secondary N) is 2. The second-order valence-corrected chi connectivity index (χ2v) is 10.8. The molecule has 1 aliphatic rings. The van der Waals surface area contributed by atoms with Crippen LogP contribution in [0.1, 0.15) is 0 Å². The normalized spacial score (nSPS) is 14.5. The van der Waals surface area contributed by atoms with Gasteiger partial charge in [0.2, 0.25) is 0 Å². The molecular weight excluding hydrogens is 512 g/mol. The summed E-state index contributed by atoms with van der Waals surface area (Å²) in [5.74, 6) is 0. The lowest BCUT2D eigenvalue weighted by Crippen LogP contribution is -2.48. The Morgan fingerprint density at radius 3 is 2.49 bits per heavy atom. The van der Waals surface area contributed by atoms with Crippen molar-refractivity contribution in [1.82, 2.24) is 19.8 Å². The van der Waals surface area contributed by atoms with Gasteiger partial charge in [-0.1, -0.05) is 41.9 Å². The largest absolute Gasteiger partial charge is 0.322 e. The molecule has 0 atom stereocenters. The van der Waals surface area contributed by atoms with Crippen molar-refractivity contribution in [2.75, 3.05) is 43.3 Å². The van der Waals surface area contributed by atoms with Gasteiger partial charge in [0.15, 0.2) is 0 Å². The van der Waals surface area contributed by atoms with Crippen LogP contribution in [-0.4, -0.2) is 67.4 Å². The predicted molar refractivity (Wildman–Crippen MR) is 145 cm³/mol. The summed E-state index contributed by atoms with van der Waals surface area (Å²) in [6.45, 7) is 2.84. The number of benzene rings is 3. The summed E-state index contributed by atoms with van der Waals surface area (Å²) < 4.78 is 28.9. The monoisotopic (exact) mass is 536 g/mol. The van der Waals surface area contributed by atoms with Crippen molar-refractivity contribution in [3.05, 3.63) is 78.1 Å². The summed E-state index contributed by atoms with van der Waals surface area (Å²) in [5.41, 5.74) is 3.02. The van der Waals surface area contributed by atoms with Crippen LogP contribution >= 0.6 is 11.6 Å². The zero-order valence-corrected chi connectivity index (χ0v) is 21.6. The average Bonchev–Trinajstić information content (AvgIpc) is 2.88. The Balaban J connectivity index is 1.34.